The van der Waals surface area contributed by atoms with Gasteiger partial charge < -0.3 is 15.0 Å². The van der Waals surface area contributed by atoms with E-state index in [2.05, 4.69) is 26.5 Å². The van der Waals surface area contributed by atoms with E-state index in [0.29, 0.717) is 31.2 Å². The van der Waals surface area contributed by atoms with E-state index in [4.69, 9.17) is 4.74 Å². The second-order valence-corrected chi connectivity index (χ2v) is 9.28. The molecule has 1 saturated heterocycles. The molecule has 4 heterocycles. The van der Waals surface area contributed by atoms with E-state index >= 15 is 0 Å². The van der Waals surface area contributed by atoms with Crippen LogP contribution in [0.4, 0.5) is 20.4 Å². The number of nitrogens with one attached hydrogen (secondary N) is 1. The number of fused-ring (bicyclic) bond motifs is 2. The van der Waals surface area contributed by atoms with Crippen LogP contribution in [-0.4, -0.2) is 71.3 Å². The van der Waals surface area contributed by atoms with Crippen LogP contribution in [0.25, 0.3) is 16.6 Å². The van der Waals surface area contributed by atoms with Crippen LogP contribution in [0.2, 0.25) is 0 Å². The van der Waals surface area contributed by atoms with Crippen molar-refractivity contribution in [3.8, 4) is 17.0 Å². The molecule has 0 bridgehead atoms. The van der Waals surface area contributed by atoms with Gasteiger partial charge in [-0.2, -0.15) is 4.98 Å². The Kier molecular flexibility index (Phi) is 6.20. The molecule has 7 nitrogen and oxygen atoms in total. The molecule has 0 aliphatic carbocycles. The summed E-state index contributed by atoms with van der Waals surface area (Å²) in [6, 6.07) is 7.73. The number of piperidine rings is 1. The third-order valence-electron chi connectivity index (χ3n) is 6.82. The summed E-state index contributed by atoms with van der Waals surface area (Å²) >= 11 is 0. The number of hydrogen-bond donors (Lipinski definition) is 1. The predicted molar refractivity (Wildman–Crippen MR) is 130 cm³/mol. The van der Waals surface area contributed by atoms with Crippen molar-refractivity contribution in [2.75, 3.05) is 39.2 Å². The van der Waals surface area contributed by atoms with Crippen molar-refractivity contribution >= 4 is 22.9 Å². The number of ether oxygens (including phenoxy) is 1. The monoisotopic (exact) mass is 468 g/mol. The van der Waals surface area contributed by atoms with Gasteiger partial charge in [0.15, 0.2) is 0 Å². The molecule has 1 fully saturated rings. The van der Waals surface area contributed by atoms with Gasteiger partial charge >= 0.3 is 0 Å². The number of aliphatic imine (C=N–C) groups is 1. The lowest BCUT2D eigenvalue weighted by Gasteiger charge is -2.32. The second-order valence-electron chi connectivity index (χ2n) is 9.28. The van der Waals surface area contributed by atoms with Gasteiger partial charge in [0.1, 0.15) is 11.7 Å². The van der Waals surface area contributed by atoms with Crippen LogP contribution in [0.15, 0.2) is 35.5 Å². The number of halogens is 2. The number of likely N-dealkylation sites (tertiary alicyclic amines) is 1. The summed E-state index contributed by atoms with van der Waals surface area (Å²) < 4.78 is 35.1. The van der Waals surface area contributed by atoms with E-state index < -0.39 is 6.17 Å². The molecule has 5 rings (SSSR count). The summed E-state index contributed by atoms with van der Waals surface area (Å²) in [6.45, 7) is 2.84. The van der Waals surface area contributed by atoms with Crippen LogP contribution in [-0.2, 0) is 0 Å². The maximum absolute atomic E-state index is 14.5. The third-order valence-corrected chi connectivity index (χ3v) is 6.82. The van der Waals surface area contributed by atoms with E-state index in [1.54, 1.807) is 11.6 Å². The Bertz CT molecular complexity index is 1230. The van der Waals surface area contributed by atoms with Gasteiger partial charge in [0, 0.05) is 30.6 Å². The van der Waals surface area contributed by atoms with Crippen molar-refractivity contribution in [1.82, 2.24) is 19.5 Å². The van der Waals surface area contributed by atoms with Gasteiger partial charge in [0.25, 0.3) is 0 Å². The average molecular weight is 469 g/mol. The lowest BCUT2D eigenvalue weighted by atomic mass is 9.86. The van der Waals surface area contributed by atoms with Gasteiger partial charge in [-0.1, -0.05) is 6.07 Å². The summed E-state index contributed by atoms with van der Waals surface area (Å²) in [7, 11) is 3.49. The fourth-order valence-corrected chi connectivity index (χ4v) is 5.07. The molecule has 2 aromatic heterocycles. The van der Waals surface area contributed by atoms with Gasteiger partial charge in [-0.15, -0.1) is 5.10 Å². The zero-order chi connectivity index (χ0) is 23.8. The Morgan fingerprint density at radius 3 is 2.88 bits per heavy atom. The first-order valence-electron chi connectivity index (χ1n) is 11.7. The predicted octanol–water partition coefficient (Wildman–Crippen LogP) is 4.80. The van der Waals surface area contributed by atoms with E-state index in [-0.39, 0.29) is 18.6 Å². The molecule has 1 aromatic carbocycles. The topological polar surface area (TPSA) is 67.0 Å². The van der Waals surface area contributed by atoms with E-state index in [1.165, 1.54) is 0 Å². The van der Waals surface area contributed by atoms with E-state index in [9.17, 15) is 8.78 Å². The Morgan fingerprint density at radius 1 is 1.26 bits per heavy atom. The van der Waals surface area contributed by atoms with E-state index in [1.807, 2.05) is 43.3 Å². The first kappa shape index (κ1) is 22.7. The van der Waals surface area contributed by atoms with Crippen LogP contribution in [0.3, 0.4) is 0 Å². The third kappa shape index (κ3) is 4.24. The molecular weight excluding hydrogens is 438 g/mol. The van der Waals surface area contributed by atoms with Crippen LogP contribution >= 0.6 is 0 Å². The summed E-state index contributed by atoms with van der Waals surface area (Å²) in [5.41, 5.74) is 5.62. The highest BCUT2D eigenvalue weighted by atomic mass is 19.1. The molecule has 0 amide bonds. The number of hydrogen-bond acceptors (Lipinski definition) is 6. The van der Waals surface area contributed by atoms with Gasteiger partial charge in [-0.25, -0.2) is 8.91 Å². The largest absolute Gasteiger partial charge is 0.479 e. The fourth-order valence-electron chi connectivity index (χ4n) is 5.07. The molecule has 3 atom stereocenters. The molecule has 0 spiro atoms. The Morgan fingerprint density at radius 2 is 2.12 bits per heavy atom. The standard InChI is InChI=1S/C25H30F2N6O/c1-15-12-17(6-9-26)19-13-16(4-5-21(19)28-15)18-7-11-33-23(18)24(34-3)30-25(31-33)29-22-8-10-32(2)14-20(22)27/h4-5,7,11,13,17,20,22H,6,8-10,12,14H2,1-3H3,(H,29,31)/t17?,20-,22+/m0/s1. The molecule has 2 aliphatic rings. The molecule has 9 heteroatoms. The Labute approximate surface area is 197 Å². The van der Waals surface area contributed by atoms with E-state index in [0.717, 1.165) is 46.6 Å². The van der Waals surface area contributed by atoms with Gasteiger partial charge in [0.2, 0.25) is 11.8 Å². The molecule has 34 heavy (non-hydrogen) atoms. The second kappa shape index (κ2) is 9.29. The van der Waals surface area contributed by atoms with Crippen LogP contribution < -0.4 is 10.1 Å². The molecular formula is C25H30F2N6O. The molecule has 3 aromatic rings. The molecule has 180 valence electrons. The smallest absolute Gasteiger partial charge is 0.244 e. The van der Waals surface area contributed by atoms with Crippen molar-refractivity contribution in [1.29, 1.82) is 0 Å². The molecule has 0 saturated carbocycles. The maximum Gasteiger partial charge on any atom is 0.244 e. The summed E-state index contributed by atoms with van der Waals surface area (Å²) in [5.74, 6) is 0.859. The van der Waals surface area contributed by atoms with Gasteiger partial charge in [0.05, 0.1) is 25.5 Å². The number of rotatable bonds is 6. The highest BCUT2D eigenvalue weighted by molar-refractivity contribution is 5.90. The zero-order valence-electron chi connectivity index (χ0n) is 19.8. The number of benzene rings is 1. The number of methoxy groups -OCH3 is 1. The minimum absolute atomic E-state index is 0.114. The zero-order valence-corrected chi connectivity index (χ0v) is 19.8. The van der Waals surface area contributed by atoms with Crippen LogP contribution in [0.1, 0.15) is 37.7 Å². The summed E-state index contributed by atoms with van der Waals surface area (Å²) in [6.07, 6.45) is 2.78. The Balaban J connectivity index is 1.50. The minimum Gasteiger partial charge on any atom is -0.479 e. The first-order chi connectivity index (χ1) is 16.5. The van der Waals surface area contributed by atoms with Crippen molar-refractivity contribution in [3.05, 3.63) is 36.0 Å². The molecule has 2 aliphatic heterocycles. The normalized spacial score (nSPS) is 23.0. The first-order valence-corrected chi connectivity index (χ1v) is 11.7. The lowest BCUT2D eigenvalue weighted by Crippen LogP contribution is -2.46. The van der Waals surface area contributed by atoms with Crippen molar-refractivity contribution in [2.24, 2.45) is 4.99 Å². The van der Waals surface area contributed by atoms with Crippen LogP contribution in [0.5, 0.6) is 5.88 Å². The maximum atomic E-state index is 14.5. The van der Waals surface area contributed by atoms with Crippen LogP contribution in [0, 0.1) is 0 Å². The number of nitrogens with zero attached hydrogens (tertiary/aromatic N) is 5. The fraction of sp³-hybridized carbons (Fsp3) is 0.480. The van der Waals surface area contributed by atoms with Gasteiger partial charge in [-0.05, 0) is 68.5 Å². The van der Waals surface area contributed by atoms with Gasteiger partial charge in [-0.3, -0.25) is 9.38 Å². The number of alkyl halides is 2. The average Bonchev–Trinajstić information content (AvgIpc) is 3.24. The van der Waals surface area contributed by atoms with Crippen molar-refractivity contribution in [3.63, 3.8) is 0 Å². The lowest BCUT2D eigenvalue weighted by molar-refractivity contribution is 0.149. The summed E-state index contributed by atoms with van der Waals surface area (Å²) in [4.78, 5) is 11.2. The highest BCUT2D eigenvalue weighted by Gasteiger charge is 2.29. The Hall–Kier alpha value is -3.07. The minimum atomic E-state index is -0.997. The molecule has 0 radical (unpaired) electrons. The SMILES string of the molecule is COc1nc(N[C@@H]2CCN(C)C[C@@H]2F)nn2ccc(-c3ccc4c(c3)C(CCF)CC(C)=N4)c12. The molecule has 1 N–H and O–H groups in total. The van der Waals surface area contributed by atoms with Crippen molar-refractivity contribution in [2.45, 2.75) is 44.3 Å². The highest BCUT2D eigenvalue weighted by Crippen LogP contribution is 2.40. The number of aromatic nitrogens is 3. The number of anilines is 1. The van der Waals surface area contributed by atoms with Crippen molar-refractivity contribution < 1.29 is 13.5 Å². The quantitative estimate of drug-likeness (QED) is 0.563. The summed E-state index contributed by atoms with van der Waals surface area (Å²) in [5, 5.41) is 7.74. The molecule has 1 unspecified atom stereocenters.